The first-order chi connectivity index (χ1) is 34.9. The summed E-state index contributed by atoms with van der Waals surface area (Å²) in [6, 6.07) is 44.9. The van der Waals surface area contributed by atoms with E-state index >= 15 is 0 Å². The minimum Gasteiger partial charge on any atom is -0.0620 e. The molecule has 0 aliphatic heterocycles. The molecule has 8 aromatic carbocycles. The zero-order valence-corrected chi connectivity index (χ0v) is 52.6. The summed E-state index contributed by atoms with van der Waals surface area (Å²) < 4.78 is 0. The van der Waals surface area contributed by atoms with Gasteiger partial charge in [0, 0.05) is 0 Å². The molecule has 0 heteroatoms. The van der Waals surface area contributed by atoms with E-state index in [4.69, 9.17) is 0 Å². The van der Waals surface area contributed by atoms with E-state index in [1.54, 1.807) is 0 Å². The van der Waals surface area contributed by atoms with E-state index in [9.17, 15) is 0 Å². The minimum absolute atomic E-state index is 1.33. The second-order valence-corrected chi connectivity index (χ2v) is 21.7. The smallest absolute Gasteiger partial charge is 0.0392 e. The molecule has 8 rings (SSSR count). The van der Waals surface area contributed by atoms with Gasteiger partial charge in [-0.1, -0.05) is 161 Å². The summed E-state index contributed by atoms with van der Waals surface area (Å²) in [6.45, 7) is 58.3. The number of rotatable bonds is 0. The Morgan fingerprint density at radius 1 is 0.133 bits per heavy atom. The molecule has 0 spiro atoms. The van der Waals surface area contributed by atoms with Crippen molar-refractivity contribution >= 4 is 0 Å². The molecule has 0 atom stereocenters. The van der Waals surface area contributed by atoms with Gasteiger partial charge in [-0.05, 0) is 304 Å². The third kappa shape index (κ3) is 23.5. The maximum absolute atomic E-state index is 2.26. The lowest BCUT2D eigenvalue weighted by Gasteiger charge is -2.15. The van der Waals surface area contributed by atoms with Gasteiger partial charge in [0.25, 0.3) is 0 Å². The molecular formula is C75H102. The van der Waals surface area contributed by atoms with Crippen molar-refractivity contribution in [2.24, 2.45) is 0 Å². The van der Waals surface area contributed by atoms with Crippen LogP contribution in [0.3, 0.4) is 0 Å². The van der Waals surface area contributed by atoms with Crippen LogP contribution in [-0.4, -0.2) is 0 Å². The molecule has 0 aromatic heterocycles. The van der Waals surface area contributed by atoms with Crippen LogP contribution in [-0.2, 0) is 0 Å². The number of benzene rings is 8. The molecule has 0 nitrogen and oxygen atoms in total. The van der Waals surface area contributed by atoms with Crippen molar-refractivity contribution in [1.29, 1.82) is 0 Å². The average Bonchev–Trinajstić information content (AvgIpc) is 3.36. The van der Waals surface area contributed by atoms with Crippen LogP contribution in [0.15, 0.2) is 127 Å². The fourth-order valence-corrected chi connectivity index (χ4v) is 8.25. The van der Waals surface area contributed by atoms with Gasteiger partial charge in [-0.2, -0.15) is 0 Å². The van der Waals surface area contributed by atoms with Crippen molar-refractivity contribution in [3.05, 3.63) is 278 Å². The van der Waals surface area contributed by atoms with Crippen LogP contribution < -0.4 is 0 Å². The summed E-state index contributed by atoms with van der Waals surface area (Å²) in [5.74, 6) is 0. The van der Waals surface area contributed by atoms with Crippen molar-refractivity contribution in [1.82, 2.24) is 0 Å². The summed E-state index contributed by atoms with van der Waals surface area (Å²) in [5, 5.41) is 0. The Kier molecular flexibility index (Phi) is 29.3. The van der Waals surface area contributed by atoms with Gasteiger partial charge in [-0.25, -0.2) is 0 Å². The lowest BCUT2D eigenvalue weighted by molar-refractivity contribution is 1.13. The lowest BCUT2D eigenvalue weighted by atomic mass is 9.90. The van der Waals surface area contributed by atoms with E-state index in [2.05, 4.69) is 314 Å². The number of hydrogen-bond acceptors (Lipinski definition) is 0. The molecule has 0 aliphatic rings. The molecule has 75 heavy (non-hydrogen) atoms. The van der Waals surface area contributed by atoms with E-state index in [1.165, 1.54) is 150 Å². The average molecular weight is 1000 g/mol. The summed E-state index contributed by atoms with van der Waals surface area (Å²) in [4.78, 5) is 0. The summed E-state index contributed by atoms with van der Waals surface area (Å²) in [5.41, 5.74) is 37.8. The first-order valence-electron chi connectivity index (χ1n) is 27.2. The molecule has 0 aliphatic carbocycles. The number of hydrogen-bond donors (Lipinski definition) is 0. The van der Waals surface area contributed by atoms with Gasteiger partial charge in [0.1, 0.15) is 0 Å². The quantitative estimate of drug-likeness (QED) is 0.142. The van der Waals surface area contributed by atoms with Gasteiger partial charge >= 0.3 is 0 Å². The molecule has 0 bridgehead atoms. The van der Waals surface area contributed by atoms with Crippen molar-refractivity contribution in [2.45, 2.75) is 187 Å². The van der Waals surface area contributed by atoms with Crippen LogP contribution in [0.5, 0.6) is 0 Å². The fraction of sp³-hybridized carbons (Fsp3) is 0.360. The molecule has 0 heterocycles. The Hall–Kier alpha value is -6.24. The Morgan fingerprint density at radius 3 is 0.680 bits per heavy atom. The molecule has 0 fully saturated rings. The fourth-order valence-electron chi connectivity index (χ4n) is 8.25. The number of aryl methyl sites for hydroxylation is 16. The van der Waals surface area contributed by atoms with Crippen LogP contribution >= 0.6 is 0 Å². The third-order valence-corrected chi connectivity index (χ3v) is 15.5. The monoisotopic (exact) mass is 1000 g/mol. The lowest BCUT2D eigenvalue weighted by Crippen LogP contribution is -1.98. The Labute approximate surface area is 462 Å². The van der Waals surface area contributed by atoms with Crippen molar-refractivity contribution in [2.75, 3.05) is 0 Å². The highest BCUT2D eigenvalue weighted by molar-refractivity contribution is 5.49. The Bertz CT molecular complexity index is 2790. The van der Waals surface area contributed by atoms with E-state index in [-0.39, 0.29) is 0 Å². The van der Waals surface area contributed by atoms with Gasteiger partial charge < -0.3 is 0 Å². The van der Waals surface area contributed by atoms with Gasteiger partial charge in [-0.15, -0.1) is 0 Å². The van der Waals surface area contributed by atoms with Crippen molar-refractivity contribution in [3.8, 4) is 0 Å². The molecule has 0 saturated carbocycles. The predicted octanol–water partition coefficient (Wildman–Crippen LogP) is 21.8. The predicted molar refractivity (Wildman–Crippen MR) is 339 cm³/mol. The summed E-state index contributed by atoms with van der Waals surface area (Å²) >= 11 is 0. The molecule has 0 N–H and O–H groups in total. The van der Waals surface area contributed by atoms with E-state index in [0.717, 1.165) is 0 Å². The zero-order valence-electron chi connectivity index (χ0n) is 52.6. The minimum atomic E-state index is 1.33. The topological polar surface area (TPSA) is 0 Å². The molecule has 402 valence electrons. The standard InChI is InChI=1S/C12H18.C11H16.C10H14.2C9H12.3C8H10/c1-7-8(2)10(4)12(6)11(5)9(7)3;1-7-6-8(2)10(4)11(5)9(7)3;1-7-5-8(2)10(4)9(3)6-7;1-7-4-5-8(2)9(3)6-7;1-7-5-4-6-8(2)9(7)3;1-7-3-5-8(2)6-4-7;1-7-4-3-5-8(2)6-7;1-7-5-3-4-6-8(7)2/h1-6H3;6H,1-5H3;5-6H,1-4H3;2*4-6H,1-3H3;3*3-6H,1-2H3. The molecule has 8 aromatic rings. The molecule has 0 saturated heterocycles. The molecular weight excluding hydrogens is 901 g/mol. The van der Waals surface area contributed by atoms with E-state index < -0.39 is 0 Å². The maximum Gasteiger partial charge on any atom is -0.0392 e. The van der Waals surface area contributed by atoms with Gasteiger partial charge in [0.2, 0.25) is 0 Å². The highest BCUT2D eigenvalue weighted by Crippen LogP contribution is 2.25. The van der Waals surface area contributed by atoms with Crippen LogP contribution in [0, 0.1) is 187 Å². The van der Waals surface area contributed by atoms with Gasteiger partial charge in [0.15, 0.2) is 0 Å². The molecule has 0 unspecified atom stereocenters. The highest BCUT2D eigenvalue weighted by atomic mass is 14.1. The second-order valence-electron chi connectivity index (χ2n) is 21.7. The molecule has 0 amide bonds. The van der Waals surface area contributed by atoms with Crippen LogP contribution in [0.25, 0.3) is 0 Å². The van der Waals surface area contributed by atoms with Gasteiger partial charge in [0.05, 0.1) is 0 Å². The normalized spacial score (nSPS) is 9.80. The Balaban J connectivity index is 0.000000430. The van der Waals surface area contributed by atoms with Crippen molar-refractivity contribution < 1.29 is 0 Å². The zero-order chi connectivity index (χ0) is 57.4. The first kappa shape index (κ1) is 66.8. The first-order valence-corrected chi connectivity index (χ1v) is 27.2. The summed E-state index contributed by atoms with van der Waals surface area (Å²) in [7, 11) is 0. The second kappa shape index (κ2) is 32.9. The van der Waals surface area contributed by atoms with Crippen LogP contribution in [0.2, 0.25) is 0 Å². The van der Waals surface area contributed by atoms with Crippen LogP contribution in [0.4, 0.5) is 0 Å². The highest BCUT2D eigenvalue weighted by Gasteiger charge is 2.08. The van der Waals surface area contributed by atoms with E-state index in [1.807, 2.05) is 0 Å². The Morgan fingerprint density at radius 2 is 0.387 bits per heavy atom. The van der Waals surface area contributed by atoms with Gasteiger partial charge in [-0.3, -0.25) is 0 Å². The maximum atomic E-state index is 2.26. The third-order valence-electron chi connectivity index (χ3n) is 15.5. The summed E-state index contributed by atoms with van der Waals surface area (Å²) in [6.07, 6.45) is 0. The van der Waals surface area contributed by atoms with Crippen LogP contribution in [0.1, 0.15) is 150 Å². The largest absolute Gasteiger partial charge is 0.0620 e. The van der Waals surface area contributed by atoms with Crippen molar-refractivity contribution in [3.63, 3.8) is 0 Å². The van der Waals surface area contributed by atoms with E-state index in [0.29, 0.717) is 0 Å². The SMILES string of the molecule is Cc1c(C)c(C)c(C)c(C)c1C.Cc1cc(C)c(C)c(C)c1.Cc1cc(C)c(C)c(C)c1C.Cc1ccc(C)c(C)c1.Cc1ccc(C)cc1.Cc1cccc(C)c1.Cc1cccc(C)c1C.Cc1ccccc1C. The molecule has 0 radical (unpaired) electrons.